The lowest BCUT2D eigenvalue weighted by Crippen LogP contribution is -2.06. The third-order valence-electron chi connectivity index (χ3n) is 3.84. The second-order valence-corrected chi connectivity index (χ2v) is 6.28. The van der Waals surface area contributed by atoms with Crippen LogP contribution in [0.5, 0.6) is 5.75 Å². The van der Waals surface area contributed by atoms with Gasteiger partial charge in [-0.05, 0) is 41.8 Å². The summed E-state index contributed by atoms with van der Waals surface area (Å²) in [5.41, 5.74) is 8.27. The summed E-state index contributed by atoms with van der Waals surface area (Å²) in [6, 6.07) is 11.6. The van der Waals surface area contributed by atoms with Gasteiger partial charge in [0.1, 0.15) is 5.75 Å². The molecule has 3 rings (SSSR count). The number of hydrogen-bond donors (Lipinski definition) is 1. The Balaban J connectivity index is 1.96. The van der Waals surface area contributed by atoms with Crippen LogP contribution in [0.25, 0.3) is 0 Å². The van der Waals surface area contributed by atoms with Crippen LogP contribution in [0.3, 0.4) is 0 Å². The maximum absolute atomic E-state index is 13.5. The average Bonchev–Trinajstić information content (AvgIpc) is 3.02. The van der Waals surface area contributed by atoms with Crippen LogP contribution in [0.4, 0.5) is 13.9 Å². The number of nitrogens with two attached hydrogens (primary N) is 1. The van der Waals surface area contributed by atoms with Gasteiger partial charge in [-0.15, -0.1) is 11.3 Å². The minimum Gasteiger partial charge on any atom is -0.497 e. The molecule has 0 radical (unpaired) electrons. The van der Waals surface area contributed by atoms with E-state index in [0.717, 1.165) is 23.1 Å². The fourth-order valence-electron chi connectivity index (χ4n) is 2.59. The summed E-state index contributed by atoms with van der Waals surface area (Å²) in [6.45, 7) is 0. The van der Waals surface area contributed by atoms with Gasteiger partial charge in [0.05, 0.1) is 12.8 Å². The van der Waals surface area contributed by atoms with Crippen LogP contribution in [-0.4, -0.2) is 12.1 Å². The standard InChI is InChI=1S/C18H16F2N2OS/c1-23-13-5-3-12(4-6-13)14(17-10-24-18(21)22-17)8-11-2-7-15(19)16(20)9-11/h2-7,9-10,14H,8H2,1H3,(H2,21,22). The highest BCUT2D eigenvalue weighted by Crippen LogP contribution is 2.31. The van der Waals surface area contributed by atoms with E-state index in [0.29, 0.717) is 17.1 Å². The summed E-state index contributed by atoms with van der Waals surface area (Å²) in [6.07, 6.45) is 0.493. The van der Waals surface area contributed by atoms with Crippen molar-refractivity contribution in [1.82, 2.24) is 4.98 Å². The molecule has 2 N–H and O–H groups in total. The summed E-state index contributed by atoms with van der Waals surface area (Å²) >= 11 is 1.36. The molecule has 0 saturated heterocycles. The van der Waals surface area contributed by atoms with Crippen molar-refractivity contribution in [3.63, 3.8) is 0 Å². The topological polar surface area (TPSA) is 48.1 Å². The van der Waals surface area contributed by atoms with Gasteiger partial charge in [-0.3, -0.25) is 0 Å². The predicted molar refractivity (Wildman–Crippen MR) is 91.4 cm³/mol. The lowest BCUT2D eigenvalue weighted by atomic mass is 9.89. The number of ether oxygens (including phenoxy) is 1. The maximum Gasteiger partial charge on any atom is 0.180 e. The highest BCUT2D eigenvalue weighted by Gasteiger charge is 2.19. The molecule has 124 valence electrons. The molecule has 0 saturated carbocycles. The van der Waals surface area contributed by atoms with Crippen molar-refractivity contribution in [3.8, 4) is 5.75 Å². The zero-order chi connectivity index (χ0) is 17.1. The van der Waals surface area contributed by atoms with Crippen LogP contribution in [0.1, 0.15) is 22.7 Å². The molecular weight excluding hydrogens is 330 g/mol. The molecule has 0 aliphatic heterocycles. The predicted octanol–water partition coefficient (Wildman–Crippen LogP) is 4.39. The van der Waals surface area contributed by atoms with E-state index < -0.39 is 11.6 Å². The zero-order valence-electron chi connectivity index (χ0n) is 13.0. The van der Waals surface area contributed by atoms with Crippen molar-refractivity contribution >= 4 is 16.5 Å². The van der Waals surface area contributed by atoms with Gasteiger partial charge in [0.2, 0.25) is 0 Å². The number of aromatic nitrogens is 1. The van der Waals surface area contributed by atoms with Crippen LogP contribution in [-0.2, 0) is 6.42 Å². The van der Waals surface area contributed by atoms with Gasteiger partial charge in [0.15, 0.2) is 16.8 Å². The monoisotopic (exact) mass is 346 g/mol. The SMILES string of the molecule is COc1ccc(C(Cc2ccc(F)c(F)c2)c2csc(N)n2)cc1. The van der Waals surface area contributed by atoms with E-state index in [4.69, 9.17) is 10.5 Å². The van der Waals surface area contributed by atoms with Crippen molar-refractivity contribution in [2.45, 2.75) is 12.3 Å². The Bertz CT molecular complexity index is 833. The van der Waals surface area contributed by atoms with Crippen molar-refractivity contribution in [3.05, 3.63) is 76.3 Å². The molecule has 2 aromatic carbocycles. The minimum absolute atomic E-state index is 0.102. The Morgan fingerprint density at radius 2 is 1.88 bits per heavy atom. The number of rotatable bonds is 5. The number of anilines is 1. The number of benzene rings is 2. The minimum atomic E-state index is -0.849. The first-order chi connectivity index (χ1) is 11.6. The molecule has 0 amide bonds. The van der Waals surface area contributed by atoms with E-state index in [1.807, 2.05) is 29.6 Å². The van der Waals surface area contributed by atoms with E-state index in [1.165, 1.54) is 17.4 Å². The molecule has 1 unspecified atom stereocenters. The normalized spacial score (nSPS) is 12.1. The van der Waals surface area contributed by atoms with E-state index >= 15 is 0 Å². The van der Waals surface area contributed by atoms with Crippen molar-refractivity contribution in [1.29, 1.82) is 0 Å². The van der Waals surface area contributed by atoms with Crippen LogP contribution >= 0.6 is 11.3 Å². The zero-order valence-corrected chi connectivity index (χ0v) is 13.8. The first kappa shape index (κ1) is 16.4. The Morgan fingerprint density at radius 3 is 2.46 bits per heavy atom. The molecule has 6 heteroatoms. The van der Waals surface area contributed by atoms with Gasteiger partial charge in [0, 0.05) is 11.3 Å². The van der Waals surface area contributed by atoms with Crippen molar-refractivity contribution in [2.24, 2.45) is 0 Å². The Morgan fingerprint density at radius 1 is 1.12 bits per heavy atom. The van der Waals surface area contributed by atoms with Gasteiger partial charge in [-0.1, -0.05) is 18.2 Å². The first-order valence-electron chi connectivity index (χ1n) is 7.35. The van der Waals surface area contributed by atoms with Crippen LogP contribution < -0.4 is 10.5 Å². The Hall–Kier alpha value is -2.47. The second kappa shape index (κ2) is 6.97. The average molecular weight is 346 g/mol. The van der Waals surface area contributed by atoms with Crippen LogP contribution in [0, 0.1) is 11.6 Å². The Labute approximate surface area is 142 Å². The highest BCUT2D eigenvalue weighted by atomic mass is 32.1. The van der Waals surface area contributed by atoms with E-state index in [2.05, 4.69) is 4.98 Å². The van der Waals surface area contributed by atoms with Crippen LogP contribution in [0.2, 0.25) is 0 Å². The largest absolute Gasteiger partial charge is 0.497 e. The number of hydrogen-bond acceptors (Lipinski definition) is 4. The van der Waals surface area contributed by atoms with Gasteiger partial charge >= 0.3 is 0 Å². The lowest BCUT2D eigenvalue weighted by Gasteiger charge is -2.16. The molecule has 1 atom stereocenters. The molecule has 0 fully saturated rings. The summed E-state index contributed by atoms with van der Waals surface area (Å²) < 4.78 is 31.8. The number of methoxy groups -OCH3 is 1. The number of nitrogen functional groups attached to an aromatic ring is 1. The first-order valence-corrected chi connectivity index (χ1v) is 8.23. The van der Waals surface area contributed by atoms with Crippen LogP contribution in [0.15, 0.2) is 47.8 Å². The molecule has 3 aromatic rings. The third kappa shape index (κ3) is 3.54. The highest BCUT2D eigenvalue weighted by molar-refractivity contribution is 7.13. The lowest BCUT2D eigenvalue weighted by molar-refractivity contribution is 0.414. The van der Waals surface area contributed by atoms with E-state index in [1.54, 1.807) is 13.2 Å². The summed E-state index contributed by atoms with van der Waals surface area (Å²) in [4.78, 5) is 4.36. The number of nitrogens with zero attached hydrogens (tertiary/aromatic N) is 1. The molecule has 0 bridgehead atoms. The molecule has 0 spiro atoms. The van der Waals surface area contributed by atoms with E-state index in [9.17, 15) is 8.78 Å². The fourth-order valence-corrected chi connectivity index (χ4v) is 3.21. The fraction of sp³-hybridized carbons (Fsp3) is 0.167. The van der Waals surface area contributed by atoms with Gasteiger partial charge < -0.3 is 10.5 Å². The molecule has 3 nitrogen and oxygen atoms in total. The quantitative estimate of drug-likeness (QED) is 0.745. The second-order valence-electron chi connectivity index (χ2n) is 5.39. The summed E-state index contributed by atoms with van der Waals surface area (Å²) in [7, 11) is 1.61. The summed E-state index contributed by atoms with van der Waals surface area (Å²) in [5, 5.41) is 2.37. The van der Waals surface area contributed by atoms with Gasteiger partial charge in [0.25, 0.3) is 0 Å². The molecular formula is C18H16F2N2OS. The van der Waals surface area contributed by atoms with Gasteiger partial charge in [-0.25, -0.2) is 13.8 Å². The molecule has 24 heavy (non-hydrogen) atoms. The smallest absolute Gasteiger partial charge is 0.180 e. The van der Waals surface area contributed by atoms with E-state index in [-0.39, 0.29) is 5.92 Å². The van der Waals surface area contributed by atoms with Crippen molar-refractivity contribution in [2.75, 3.05) is 12.8 Å². The number of thiazole rings is 1. The Kier molecular flexibility index (Phi) is 4.76. The van der Waals surface area contributed by atoms with Crippen molar-refractivity contribution < 1.29 is 13.5 Å². The van der Waals surface area contributed by atoms with Gasteiger partial charge in [-0.2, -0.15) is 0 Å². The maximum atomic E-state index is 13.5. The third-order valence-corrected chi connectivity index (χ3v) is 4.53. The molecule has 1 heterocycles. The molecule has 0 aliphatic rings. The molecule has 0 aliphatic carbocycles. The molecule has 1 aromatic heterocycles. The summed E-state index contributed by atoms with van der Waals surface area (Å²) in [5.74, 6) is -1.05. The number of halogens is 2.